The summed E-state index contributed by atoms with van der Waals surface area (Å²) in [5, 5.41) is 9.48. The third-order valence-corrected chi connectivity index (χ3v) is 4.39. The molecule has 120 valence electrons. The first-order valence-corrected chi connectivity index (χ1v) is 7.86. The fraction of sp³-hybridized carbons (Fsp3) is 0.0588. The van der Waals surface area contributed by atoms with E-state index < -0.39 is 5.97 Å². The highest BCUT2D eigenvalue weighted by molar-refractivity contribution is 8.18. The molecule has 3 rings (SSSR count). The smallest absolute Gasteiger partial charge is 0.335 e. The second-order valence-corrected chi connectivity index (χ2v) is 6.02. The molecule has 0 spiro atoms. The Kier molecular flexibility index (Phi) is 4.43. The van der Waals surface area contributed by atoms with Crippen molar-refractivity contribution in [2.75, 3.05) is 7.05 Å². The molecule has 1 aliphatic rings. The Balaban J connectivity index is 1.86. The van der Waals surface area contributed by atoms with Crippen LogP contribution in [0.3, 0.4) is 0 Å². The normalized spacial score (nSPS) is 17.7. The van der Waals surface area contributed by atoms with Crippen LogP contribution in [-0.2, 0) is 4.79 Å². The minimum Gasteiger partial charge on any atom is -0.478 e. The Hall–Kier alpha value is -2.93. The number of amidine groups is 1. The SMILES string of the molecule is CN1C(=O)C(=Cc2ccc(C(=O)O)cc2)SC1=Nc1cccnc1. The molecule has 1 N–H and O–H groups in total. The van der Waals surface area contributed by atoms with Crippen LogP contribution in [0.1, 0.15) is 15.9 Å². The Morgan fingerprint density at radius 2 is 2.04 bits per heavy atom. The van der Waals surface area contributed by atoms with E-state index in [-0.39, 0.29) is 11.5 Å². The average Bonchev–Trinajstić information content (AvgIpc) is 2.84. The lowest BCUT2D eigenvalue weighted by Crippen LogP contribution is -2.23. The van der Waals surface area contributed by atoms with Crippen molar-refractivity contribution in [2.45, 2.75) is 0 Å². The number of carboxylic acid groups (broad SMARTS) is 1. The number of carbonyl (C=O) groups excluding carboxylic acids is 1. The number of thioether (sulfide) groups is 1. The lowest BCUT2D eigenvalue weighted by Gasteiger charge is -2.06. The lowest BCUT2D eigenvalue weighted by molar-refractivity contribution is -0.121. The molecule has 6 nitrogen and oxygen atoms in total. The van der Waals surface area contributed by atoms with Gasteiger partial charge in [-0.2, -0.15) is 0 Å². The van der Waals surface area contributed by atoms with E-state index in [1.165, 1.54) is 28.8 Å². The van der Waals surface area contributed by atoms with Crippen molar-refractivity contribution in [3.63, 3.8) is 0 Å². The Bertz CT molecular complexity index is 845. The van der Waals surface area contributed by atoms with Crippen molar-refractivity contribution in [3.8, 4) is 0 Å². The maximum absolute atomic E-state index is 12.3. The first kappa shape index (κ1) is 15.9. The van der Waals surface area contributed by atoms with Crippen molar-refractivity contribution in [3.05, 3.63) is 64.8 Å². The van der Waals surface area contributed by atoms with Crippen molar-refractivity contribution < 1.29 is 14.7 Å². The van der Waals surface area contributed by atoms with Crippen LogP contribution in [0.5, 0.6) is 0 Å². The molecule has 7 heteroatoms. The summed E-state index contributed by atoms with van der Waals surface area (Å²) in [5.74, 6) is -1.13. The highest BCUT2D eigenvalue weighted by atomic mass is 32.2. The molecule has 0 atom stereocenters. The van der Waals surface area contributed by atoms with Crippen LogP contribution in [0.2, 0.25) is 0 Å². The summed E-state index contributed by atoms with van der Waals surface area (Å²) in [6.07, 6.45) is 5.01. The molecule has 1 saturated heterocycles. The predicted molar refractivity (Wildman–Crippen MR) is 93.1 cm³/mol. The van der Waals surface area contributed by atoms with Gasteiger partial charge in [0.15, 0.2) is 5.17 Å². The van der Waals surface area contributed by atoms with Gasteiger partial charge in [0.2, 0.25) is 0 Å². The van der Waals surface area contributed by atoms with Crippen LogP contribution in [0.25, 0.3) is 6.08 Å². The van der Waals surface area contributed by atoms with Crippen LogP contribution >= 0.6 is 11.8 Å². The number of carboxylic acids is 1. The van der Waals surface area contributed by atoms with Gasteiger partial charge in [0, 0.05) is 13.2 Å². The Morgan fingerprint density at radius 1 is 1.29 bits per heavy atom. The van der Waals surface area contributed by atoms with Crippen LogP contribution in [0, 0.1) is 0 Å². The molecule has 0 radical (unpaired) electrons. The topological polar surface area (TPSA) is 82.9 Å². The zero-order valence-electron chi connectivity index (χ0n) is 12.7. The minimum absolute atomic E-state index is 0.148. The van der Waals surface area contributed by atoms with E-state index in [0.717, 1.165) is 5.56 Å². The van der Waals surface area contributed by atoms with Crippen LogP contribution in [0.4, 0.5) is 5.69 Å². The predicted octanol–water partition coefficient (Wildman–Crippen LogP) is 3.01. The van der Waals surface area contributed by atoms with Gasteiger partial charge in [-0.1, -0.05) is 12.1 Å². The summed E-state index contributed by atoms with van der Waals surface area (Å²) in [6, 6.07) is 9.94. The monoisotopic (exact) mass is 339 g/mol. The van der Waals surface area contributed by atoms with E-state index in [4.69, 9.17) is 5.11 Å². The standard InChI is InChI=1S/C17H13N3O3S/c1-20-15(21)14(9-11-4-6-12(7-5-11)16(22)23)24-17(20)19-13-3-2-8-18-10-13/h2-10H,1H3,(H,22,23). The fourth-order valence-corrected chi connectivity index (χ4v) is 3.04. The zero-order valence-corrected chi connectivity index (χ0v) is 13.5. The van der Waals surface area contributed by atoms with Gasteiger partial charge in [0.1, 0.15) is 0 Å². The van der Waals surface area contributed by atoms with Crippen LogP contribution in [-0.4, -0.2) is 39.1 Å². The Morgan fingerprint density at radius 3 is 2.67 bits per heavy atom. The van der Waals surface area contributed by atoms with E-state index >= 15 is 0 Å². The zero-order chi connectivity index (χ0) is 17.1. The second-order valence-electron chi connectivity index (χ2n) is 5.01. The van der Waals surface area contributed by atoms with E-state index in [9.17, 15) is 9.59 Å². The van der Waals surface area contributed by atoms with Crippen molar-refractivity contribution in [2.24, 2.45) is 4.99 Å². The number of rotatable bonds is 3. The summed E-state index contributed by atoms with van der Waals surface area (Å²) in [4.78, 5) is 33.6. The first-order chi connectivity index (χ1) is 11.5. The van der Waals surface area contributed by atoms with E-state index in [1.807, 2.05) is 6.07 Å². The van der Waals surface area contributed by atoms with Gasteiger partial charge in [0.25, 0.3) is 5.91 Å². The molecule has 1 aliphatic heterocycles. The molecule has 2 aromatic rings. The molecule has 1 aromatic carbocycles. The molecule has 24 heavy (non-hydrogen) atoms. The van der Waals surface area contributed by atoms with E-state index in [0.29, 0.717) is 15.8 Å². The molecular formula is C17H13N3O3S. The number of hydrogen-bond donors (Lipinski definition) is 1. The number of aromatic carboxylic acids is 1. The van der Waals surface area contributed by atoms with Crippen LogP contribution in [0.15, 0.2) is 58.7 Å². The number of benzene rings is 1. The van der Waals surface area contributed by atoms with Gasteiger partial charge in [0.05, 0.1) is 22.4 Å². The van der Waals surface area contributed by atoms with E-state index in [2.05, 4.69) is 9.98 Å². The van der Waals surface area contributed by atoms with Gasteiger partial charge < -0.3 is 5.11 Å². The molecule has 0 aliphatic carbocycles. The van der Waals surface area contributed by atoms with Gasteiger partial charge in [-0.15, -0.1) is 0 Å². The molecule has 0 bridgehead atoms. The van der Waals surface area contributed by atoms with Gasteiger partial charge in [-0.05, 0) is 47.7 Å². The van der Waals surface area contributed by atoms with E-state index in [1.54, 1.807) is 43.7 Å². The fourth-order valence-electron chi connectivity index (χ4n) is 2.06. The third kappa shape index (κ3) is 3.36. The Labute approximate surface area is 142 Å². The largest absolute Gasteiger partial charge is 0.478 e. The lowest BCUT2D eigenvalue weighted by atomic mass is 10.1. The number of aliphatic imine (C=N–C) groups is 1. The average molecular weight is 339 g/mol. The molecule has 1 fully saturated rings. The number of aromatic nitrogens is 1. The first-order valence-electron chi connectivity index (χ1n) is 7.04. The highest BCUT2D eigenvalue weighted by Gasteiger charge is 2.30. The van der Waals surface area contributed by atoms with Crippen molar-refractivity contribution in [1.29, 1.82) is 0 Å². The number of pyridine rings is 1. The van der Waals surface area contributed by atoms with Gasteiger partial charge >= 0.3 is 5.97 Å². The van der Waals surface area contributed by atoms with Gasteiger partial charge in [-0.25, -0.2) is 9.79 Å². The second kappa shape index (κ2) is 6.67. The highest BCUT2D eigenvalue weighted by Crippen LogP contribution is 2.32. The number of carbonyl (C=O) groups is 2. The number of nitrogens with zero attached hydrogens (tertiary/aromatic N) is 3. The maximum Gasteiger partial charge on any atom is 0.335 e. The molecule has 1 aromatic heterocycles. The number of hydrogen-bond acceptors (Lipinski definition) is 5. The summed E-state index contributed by atoms with van der Waals surface area (Å²) >= 11 is 1.27. The summed E-state index contributed by atoms with van der Waals surface area (Å²) in [6.45, 7) is 0. The summed E-state index contributed by atoms with van der Waals surface area (Å²) in [5.41, 5.74) is 1.64. The van der Waals surface area contributed by atoms with Crippen molar-refractivity contribution >= 4 is 40.6 Å². The van der Waals surface area contributed by atoms with Crippen LogP contribution < -0.4 is 0 Å². The summed E-state index contributed by atoms with van der Waals surface area (Å²) < 4.78 is 0. The molecule has 1 amide bonds. The maximum atomic E-state index is 12.3. The summed E-state index contributed by atoms with van der Waals surface area (Å²) in [7, 11) is 1.67. The minimum atomic E-state index is -0.980. The number of amides is 1. The molecule has 2 heterocycles. The van der Waals surface area contributed by atoms with Gasteiger partial charge in [-0.3, -0.25) is 14.7 Å². The third-order valence-electron chi connectivity index (χ3n) is 3.33. The number of likely N-dealkylation sites (N-methyl/N-ethyl adjacent to an activating group) is 1. The molecule has 0 saturated carbocycles. The molecule has 0 unspecified atom stereocenters. The molecular weight excluding hydrogens is 326 g/mol. The van der Waals surface area contributed by atoms with Crippen molar-refractivity contribution in [1.82, 2.24) is 9.88 Å². The quantitative estimate of drug-likeness (QED) is 0.869.